The van der Waals surface area contributed by atoms with Gasteiger partial charge in [-0.05, 0) is 42.0 Å². The molecule has 4 aromatic carbocycles. The Morgan fingerprint density at radius 1 is 0.806 bits per heavy atom. The Labute approximate surface area is 208 Å². The molecule has 4 aromatic rings. The van der Waals surface area contributed by atoms with E-state index in [9.17, 15) is 9.59 Å². The van der Waals surface area contributed by atoms with Crippen LogP contribution in [0.15, 0.2) is 102 Å². The van der Waals surface area contributed by atoms with Gasteiger partial charge in [0.15, 0.2) is 17.2 Å². The number of benzene rings is 4. The van der Waals surface area contributed by atoms with Crippen LogP contribution in [0.3, 0.4) is 0 Å². The van der Waals surface area contributed by atoms with Crippen LogP contribution in [0.4, 0.5) is 11.4 Å². The van der Waals surface area contributed by atoms with Crippen molar-refractivity contribution in [1.82, 2.24) is 0 Å². The highest BCUT2D eigenvalue weighted by Gasteiger charge is 2.59. The van der Waals surface area contributed by atoms with E-state index in [4.69, 9.17) is 14.5 Å². The molecule has 0 saturated heterocycles. The Kier molecular flexibility index (Phi) is 4.97. The van der Waals surface area contributed by atoms with Crippen molar-refractivity contribution in [3.05, 3.63) is 119 Å². The number of methoxy groups -OCH3 is 2. The van der Waals surface area contributed by atoms with E-state index in [2.05, 4.69) is 0 Å². The third kappa shape index (κ3) is 2.94. The van der Waals surface area contributed by atoms with E-state index in [0.29, 0.717) is 39.6 Å². The van der Waals surface area contributed by atoms with Gasteiger partial charge in [0.25, 0.3) is 0 Å². The lowest BCUT2D eigenvalue weighted by molar-refractivity contribution is 0.0931. The monoisotopic (exact) mass is 474 g/mol. The van der Waals surface area contributed by atoms with Crippen LogP contribution in [0.2, 0.25) is 0 Å². The molecule has 2 heterocycles. The number of hydrogen-bond donors (Lipinski definition) is 0. The Bertz CT molecular complexity index is 1550. The lowest BCUT2D eigenvalue weighted by atomic mass is 9.76. The molecule has 0 saturated carbocycles. The van der Waals surface area contributed by atoms with Crippen LogP contribution < -0.4 is 14.4 Å². The third-order valence-electron chi connectivity index (χ3n) is 6.82. The largest absolute Gasteiger partial charge is 0.497 e. The van der Waals surface area contributed by atoms with Gasteiger partial charge in [0.05, 0.1) is 25.6 Å². The van der Waals surface area contributed by atoms with Crippen LogP contribution in [-0.4, -0.2) is 31.6 Å². The van der Waals surface area contributed by atoms with Crippen molar-refractivity contribution in [2.24, 2.45) is 4.99 Å². The zero-order chi connectivity index (χ0) is 24.9. The van der Waals surface area contributed by atoms with Crippen LogP contribution in [0.1, 0.15) is 31.8 Å². The quantitative estimate of drug-likeness (QED) is 0.354. The van der Waals surface area contributed by atoms with Gasteiger partial charge in [-0.1, -0.05) is 60.7 Å². The molecule has 2 aliphatic rings. The first-order valence-electron chi connectivity index (χ1n) is 11.5. The normalized spacial score (nSPS) is 17.6. The smallest absolute Gasteiger partial charge is 0.228 e. The van der Waals surface area contributed by atoms with E-state index in [0.717, 1.165) is 5.56 Å². The van der Waals surface area contributed by atoms with Crippen LogP contribution in [0.25, 0.3) is 0 Å². The molecule has 1 unspecified atom stereocenters. The Balaban J connectivity index is 1.73. The molecule has 36 heavy (non-hydrogen) atoms. The number of amidine groups is 1. The predicted molar refractivity (Wildman–Crippen MR) is 138 cm³/mol. The zero-order valence-electron chi connectivity index (χ0n) is 19.8. The average Bonchev–Trinajstić information content (AvgIpc) is 3.21. The topological polar surface area (TPSA) is 68.2 Å². The minimum Gasteiger partial charge on any atom is -0.497 e. The van der Waals surface area contributed by atoms with Gasteiger partial charge in [0.1, 0.15) is 11.5 Å². The maximum atomic E-state index is 14.6. The molecule has 6 heteroatoms. The van der Waals surface area contributed by atoms with E-state index < -0.39 is 5.54 Å². The number of hydrogen-bond acceptors (Lipinski definition) is 6. The Morgan fingerprint density at radius 2 is 1.44 bits per heavy atom. The van der Waals surface area contributed by atoms with Gasteiger partial charge in [-0.25, -0.2) is 4.99 Å². The number of nitrogens with zero attached hydrogens (tertiary/aromatic N) is 2. The molecule has 6 rings (SSSR count). The number of rotatable bonds is 5. The van der Waals surface area contributed by atoms with Gasteiger partial charge < -0.3 is 14.4 Å². The van der Waals surface area contributed by atoms with E-state index >= 15 is 0 Å². The maximum Gasteiger partial charge on any atom is 0.228 e. The Hall–Kier alpha value is -4.71. The fourth-order valence-corrected chi connectivity index (χ4v) is 5.17. The van der Waals surface area contributed by atoms with Crippen molar-refractivity contribution in [1.29, 1.82) is 0 Å². The standard InChI is InChI=1S/C30H22N2O4/c1-35-21-14-16-26-23(17-21)28(34)30(20-11-7-4-8-12-20)24-18-22(36-2)13-15-25(24)31-29(32(26)30)27(33)19-9-5-3-6-10-19/h3-18H,1-2H3. The predicted octanol–water partition coefficient (Wildman–Crippen LogP) is 5.58. The number of ether oxygens (including phenoxy) is 2. The SMILES string of the molecule is COc1ccc2c(c1)C(=O)C1(c3ccccc3)c3cc(OC)ccc3N=C(C(=O)c3ccccc3)N21. The highest BCUT2D eigenvalue weighted by atomic mass is 16.5. The molecular weight excluding hydrogens is 452 g/mol. The summed E-state index contributed by atoms with van der Waals surface area (Å²) in [5, 5.41) is 0. The van der Waals surface area contributed by atoms with Gasteiger partial charge in [0, 0.05) is 16.7 Å². The van der Waals surface area contributed by atoms with Crippen molar-refractivity contribution in [3.8, 4) is 11.5 Å². The van der Waals surface area contributed by atoms with Crippen molar-refractivity contribution in [3.63, 3.8) is 0 Å². The average molecular weight is 475 g/mol. The lowest BCUT2D eigenvalue weighted by Gasteiger charge is -2.43. The van der Waals surface area contributed by atoms with Crippen molar-refractivity contribution in [2.45, 2.75) is 5.54 Å². The number of aliphatic imine (C=N–C) groups is 1. The molecule has 6 nitrogen and oxygen atoms in total. The molecule has 1 atom stereocenters. The van der Waals surface area contributed by atoms with Crippen LogP contribution in [0.5, 0.6) is 11.5 Å². The molecule has 0 fully saturated rings. The second kappa shape index (κ2) is 8.20. The number of carbonyl (C=O) groups excluding carboxylic acids is 2. The van der Waals surface area contributed by atoms with Crippen LogP contribution >= 0.6 is 0 Å². The van der Waals surface area contributed by atoms with Gasteiger partial charge in [0.2, 0.25) is 5.78 Å². The second-order valence-electron chi connectivity index (χ2n) is 8.64. The molecule has 2 aliphatic heterocycles. The first-order valence-corrected chi connectivity index (χ1v) is 11.5. The molecule has 0 spiro atoms. The highest BCUT2D eigenvalue weighted by Crippen LogP contribution is 2.55. The summed E-state index contributed by atoms with van der Waals surface area (Å²) >= 11 is 0. The van der Waals surface area contributed by atoms with Gasteiger partial charge in [-0.15, -0.1) is 0 Å². The van der Waals surface area contributed by atoms with Crippen LogP contribution in [-0.2, 0) is 5.54 Å². The van der Waals surface area contributed by atoms with Gasteiger partial charge in [-0.3, -0.25) is 9.59 Å². The first kappa shape index (κ1) is 21.8. The lowest BCUT2D eigenvalue weighted by Crippen LogP contribution is -2.55. The summed E-state index contributed by atoms with van der Waals surface area (Å²) in [6, 6.07) is 29.3. The summed E-state index contributed by atoms with van der Waals surface area (Å²) in [6.45, 7) is 0. The second-order valence-corrected chi connectivity index (χ2v) is 8.64. The number of fused-ring (bicyclic) bond motifs is 5. The summed E-state index contributed by atoms with van der Waals surface area (Å²) in [4.78, 5) is 35.2. The summed E-state index contributed by atoms with van der Waals surface area (Å²) in [5.41, 5.74) is 2.13. The molecular formula is C30H22N2O4. The fourth-order valence-electron chi connectivity index (χ4n) is 5.17. The molecule has 0 bridgehead atoms. The first-order chi connectivity index (χ1) is 17.6. The summed E-state index contributed by atoms with van der Waals surface area (Å²) < 4.78 is 11.0. The molecule has 0 aliphatic carbocycles. The number of carbonyl (C=O) groups is 2. The van der Waals surface area contributed by atoms with Crippen molar-refractivity contribution in [2.75, 3.05) is 19.1 Å². The molecule has 0 radical (unpaired) electrons. The van der Waals surface area contributed by atoms with E-state index in [1.54, 1.807) is 55.5 Å². The summed E-state index contributed by atoms with van der Waals surface area (Å²) in [6.07, 6.45) is 0. The van der Waals surface area contributed by atoms with Gasteiger partial charge >= 0.3 is 0 Å². The molecule has 0 amide bonds. The minimum atomic E-state index is -1.35. The highest BCUT2D eigenvalue weighted by molar-refractivity contribution is 6.52. The van der Waals surface area contributed by atoms with Crippen molar-refractivity contribution >= 4 is 28.8 Å². The third-order valence-corrected chi connectivity index (χ3v) is 6.82. The van der Waals surface area contributed by atoms with E-state index in [1.807, 2.05) is 60.7 Å². The maximum absolute atomic E-state index is 14.6. The van der Waals surface area contributed by atoms with Gasteiger partial charge in [-0.2, -0.15) is 0 Å². The van der Waals surface area contributed by atoms with E-state index in [-0.39, 0.29) is 17.4 Å². The molecule has 176 valence electrons. The molecule has 0 N–H and O–H groups in total. The number of Topliss-reactive ketones (excluding diaryl/α,β-unsaturated/α-hetero) is 2. The fraction of sp³-hybridized carbons (Fsp3) is 0.100. The Morgan fingerprint density at radius 3 is 2.14 bits per heavy atom. The number of ketones is 2. The minimum absolute atomic E-state index is 0.162. The van der Waals surface area contributed by atoms with Crippen molar-refractivity contribution < 1.29 is 19.1 Å². The zero-order valence-corrected chi connectivity index (χ0v) is 19.8. The summed E-state index contributed by atoms with van der Waals surface area (Å²) in [5.74, 6) is 0.904. The molecule has 0 aromatic heterocycles. The van der Waals surface area contributed by atoms with Crippen LogP contribution in [0, 0.1) is 0 Å². The van der Waals surface area contributed by atoms with E-state index in [1.165, 1.54) is 0 Å². The summed E-state index contributed by atoms with van der Waals surface area (Å²) in [7, 11) is 3.15. The number of anilines is 1.